The number of allylic oxidation sites excluding steroid dienone is 1. The molecule has 166 valence electrons. The first-order valence-electron chi connectivity index (χ1n) is 10.1. The summed E-state index contributed by atoms with van der Waals surface area (Å²) in [5.74, 6) is -1.71. The van der Waals surface area contributed by atoms with Gasteiger partial charge in [0, 0.05) is 33.7 Å². The van der Waals surface area contributed by atoms with E-state index >= 15 is 0 Å². The van der Waals surface area contributed by atoms with Crippen molar-refractivity contribution >= 4 is 17.8 Å². The van der Waals surface area contributed by atoms with E-state index in [4.69, 9.17) is 0 Å². The number of halogens is 3. The van der Waals surface area contributed by atoms with Gasteiger partial charge < -0.3 is 0 Å². The molecular formula is C26H19F3N2OS. The number of rotatable bonds is 6. The Morgan fingerprint density at radius 2 is 1.55 bits per heavy atom. The van der Waals surface area contributed by atoms with Gasteiger partial charge in [-0.15, -0.1) is 11.8 Å². The van der Waals surface area contributed by atoms with Crippen molar-refractivity contribution in [1.82, 2.24) is 9.78 Å². The second-order valence-electron chi connectivity index (χ2n) is 7.23. The van der Waals surface area contributed by atoms with Crippen LogP contribution >= 0.6 is 11.8 Å². The minimum atomic E-state index is -0.687. The van der Waals surface area contributed by atoms with Gasteiger partial charge in [-0.2, -0.15) is 5.10 Å². The Hall–Kier alpha value is -3.58. The fourth-order valence-corrected chi connectivity index (χ4v) is 3.76. The van der Waals surface area contributed by atoms with Crippen LogP contribution in [0.1, 0.15) is 5.56 Å². The van der Waals surface area contributed by atoms with Gasteiger partial charge in [0.2, 0.25) is 0 Å². The molecule has 3 nitrogen and oxygen atoms in total. The lowest BCUT2D eigenvalue weighted by Crippen LogP contribution is -2.22. The summed E-state index contributed by atoms with van der Waals surface area (Å²) < 4.78 is 41.7. The van der Waals surface area contributed by atoms with E-state index in [9.17, 15) is 18.0 Å². The number of benzene rings is 3. The molecule has 4 rings (SSSR count). The van der Waals surface area contributed by atoms with Crippen molar-refractivity contribution in [2.24, 2.45) is 0 Å². The highest BCUT2D eigenvalue weighted by atomic mass is 32.2. The first-order valence-corrected chi connectivity index (χ1v) is 11.3. The molecular weight excluding hydrogens is 445 g/mol. The molecule has 0 amide bonds. The van der Waals surface area contributed by atoms with Gasteiger partial charge >= 0.3 is 0 Å². The van der Waals surface area contributed by atoms with E-state index in [0.717, 1.165) is 16.5 Å². The quantitative estimate of drug-likeness (QED) is 0.309. The van der Waals surface area contributed by atoms with Crippen LogP contribution in [0.15, 0.2) is 88.6 Å². The van der Waals surface area contributed by atoms with Crippen molar-refractivity contribution in [3.63, 3.8) is 0 Å². The third kappa shape index (κ3) is 5.26. The first kappa shape index (κ1) is 22.6. The Labute approximate surface area is 193 Å². The van der Waals surface area contributed by atoms with E-state index in [-0.39, 0.29) is 23.5 Å². The minimum absolute atomic E-state index is 0.0925. The van der Waals surface area contributed by atoms with Gasteiger partial charge in [-0.25, -0.2) is 17.9 Å². The lowest BCUT2D eigenvalue weighted by atomic mass is 10.00. The number of aromatic nitrogens is 2. The minimum Gasteiger partial charge on any atom is -0.268 e. The summed E-state index contributed by atoms with van der Waals surface area (Å²) >= 11 is 1.61. The molecule has 0 saturated heterocycles. The molecule has 0 atom stereocenters. The third-order valence-corrected chi connectivity index (χ3v) is 5.80. The lowest BCUT2D eigenvalue weighted by Gasteiger charge is -2.12. The Morgan fingerprint density at radius 3 is 2.21 bits per heavy atom. The van der Waals surface area contributed by atoms with Crippen LogP contribution in [0, 0.1) is 17.5 Å². The second kappa shape index (κ2) is 9.92. The monoisotopic (exact) mass is 464 g/mol. The van der Waals surface area contributed by atoms with Crippen LogP contribution < -0.4 is 5.56 Å². The zero-order valence-electron chi connectivity index (χ0n) is 17.6. The topological polar surface area (TPSA) is 34.9 Å². The van der Waals surface area contributed by atoms with Gasteiger partial charge in [-0.1, -0.05) is 36.4 Å². The fourth-order valence-electron chi connectivity index (χ4n) is 3.35. The highest BCUT2D eigenvalue weighted by Gasteiger charge is 2.13. The SMILES string of the molecule is CSc1ccc(-c2nn(C/C=C/c3ccc(F)cc3F)c(=O)cc2-c2ccc(F)cc2)cc1. The fraction of sp³-hybridized carbons (Fsp3) is 0.0769. The molecule has 0 fully saturated rings. The summed E-state index contributed by atoms with van der Waals surface area (Å²) in [6.45, 7) is 0.0925. The molecule has 3 aromatic carbocycles. The zero-order valence-corrected chi connectivity index (χ0v) is 18.5. The van der Waals surface area contributed by atoms with Gasteiger partial charge in [-0.3, -0.25) is 4.79 Å². The highest BCUT2D eigenvalue weighted by Crippen LogP contribution is 2.30. The summed E-state index contributed by atoms with van der Waals surface area (Å²) in [6, 6.07) is 18.4. The van der Waals surface area contributed by atoms with Crippen LogP contribution in [0.25, 0.3) is 28.5 Å². The van der Waals surface area contributed by atoms with E-state index in [1.165, 1.54) is 41.1 Å². The van der Waals surface area contributed by atoms with Crippen LogP contribution in [-0.2, 0) is 6.54 Å². The number of hydrogen-bond acceptors (Lipinski definition) is 3. The average molecular weight is 465 g/mol. The molecule has 0 aliphatic carbocycles. The van der Waals surface area contributed by atoms with Crippen molar-refractivity contribution in [1.29, 1.82) is 0 Å². The van der Waals surface area contributed by atoms with Crippen molar-refractivity contribution in [3.8, 4) is 22.4 Å². The maximum absolute atomic E-state index is 13.9. The largest absolute Gasteiger partial charge is 0.268 e. The molecule has 0 aliphatic heterocycles. The first-order chi connectivity index (χ1) is 15.9. The maximum atomic E-state index is 13.9. The van der Waals surface area contributed by atoms with E-state index < -0.39 is 11.6 Å². The smallest absolute Gasteiger partial charge is 0.267 e. The molecule has 1 aromatic heterocycles. The van der Waals surface area contributed by atoms with Crippen LogP contribution in [0.5, 0.6) is 0 Å². The summed E-state index contributed by atoms with van der Waals surface area (Å²) in [6.07, 6.45) is 5.04. The molecule has 33 heavy (non-hydrogen) atoms. The molecule has 0 aliphatic rings. The number of thioether (sulfide) groups is 1. The van der Waals surface area contributed by atoms with E-state index in [0.29, 0.717) is 16.8 Å². The Kier molecular flexibility index (Phi) is 6.79. The van der Waals surface area contributed by atoms with E-state index in [2.05, 4.69) is 5.10 Å². The normalized spacial score (nSPS) is 11.3. The standard InChI is InChI=1S/C26H19F3N2OS/c1-33-22-12-7-19(8-13-22)26-23(17-4-9-20(27)10-5-17)16-25(32)31(30-26)14-2-3-18-6-11-21(28)15-24(18)29/h2-13,15-16H,14H2,1H3/b3-2+. The molecule has 4 aromatic rings. The second-order valence-corrected chi connectivity index (χ2v) is 8.11. The predicted octanol–water partition coefficient (Wildman–Crippen LogP) is 6.43. The Balaban J connectivity index is 1.74. The Bertz CT molecular complexity index is 1360. The maximum Gasteiger partial charge on any atom is 0.267 e. The molecule has 1 heterocycles. The van der Waals surface area contributed by atoms with Gasteiger partial charge in [-0.05, 0) is 48.2 Å². The predicted molar refractivity (Wildman–Crippen MR) is 127 cm³/mol. The van der Waals surface area contributed by atoms with Crippen molar-refractivity contribution in [3.05, 3.63) is 112 Å². The average Bonchev–Trinajstić information content (AvgIpc) is 2.82. The number of hydrogen-bond donors (Lipinski definition) is 0. The van der Waals surface area contributed by atoms with Crippen LogP contribution in [0.2, 0.25) is 0 Å². The molecule has 0 bridgehead atoms. The molecule has 0 radical (unpaired) electrons. The lowest BCUT2D eigenvalue weighted by molar-refractivity contribution is 0.581. The van der Waals surface area contributed by atoms with Crippen LogP contribution in [-0.4, -0.2) is 16.0 Å². The van der Waals surface area contributed by atoms with Gasteiger partial charge in [0.25, 0.3) is 5.56 Å². The molecule has 0 spiro atoms. The zero-order chi connectivity index (χ0) is 23.4. The molecule has 0 N–H and O–H groups in total. The van der Waals surface area contributed by atoms with Crippen molar-refractivity contribution in [2.45, 2.75) is 11.4 Å². The van der Waals surface area contributed by atoms with Gasteiger partial charge in [0.05, 0.1) is 12.2 Å². The molecule has 0 saturated carbocycles. The summed E-state index contributed by atoms with van der Waals surface area (Å²) in [4.78, 5) is 13.9. The third-order valence-electron chi connectivity index (χ3n) is 5.05. The van der Waals surface area contributed by atoms with Crippen molar-refractivity contribution in [2.75, 3.05) is 6.26 Å². The molecule has 0 unspecified atom stereocenters. The van der Waals surface area contributed by atoms with E-state index in [1.807, 2.05) is 30.5 Å². The Morgan fingerprint density at radius 1 is 0.879 bits per heavy atom. The number of nitrogens with zero attached hydrogens (tertiary/aromatic N) is 2. The van der Waals surface area contributed by atoms with Crippen LogP contribution in [0.4, 0.5) is 13.2 Å². The van der Waals surface area contributed by atoms with Crippen LogP contribution in [0.3, 0.4) is 0 Å². The van der Waals surface area contributed by atoms with Gasteiger partial charge in [0.1, 0.15) is 17.5 Å². The molecule has 7 heteroatoms. The van der Waals surface area contributed by atoms with E-state index in [1.54, 1.807) is 30.0 Å². The highest BCUT2D eigenvalue weighted by molar-refractivity contribution is 7.98. The van der Waals surface area contributed by atoms with Gasteiger partial charge in [0.15, 0.2) is 0 Å². The summed E-state index contributed by atoms with van der Waals surface area (Å²) in [7, 11) is 0. The summed E-state index contributed by atoms with van der Waals surface area (Å²) in [5, 5.41) is 4.56. The van der Waals surface area contributed by atoms with Crippen molar-refractivity contribution < 1.29 is 13.2 Å². The summed E-state index contributed by atoms with van der Waals surface area (Å²) in [5.41, 5.74) is 2.47.